The van der Waals surface area contributed by atoms with Gasteiger partial charge < -0.3 is 10.1 Å². The topological polar surface area (TPSA) is 80.3 Å². The summed E-state index contributed by atoms with van der Waals surface area (Å²) in [5.41, 5.74) is 0.690. The highest BCUT2D eigenvalue weighted by atomic mass is 35.5. The molecule has 0 radical (unpaired) electrons. The SMILES string of the molecule is O=C(Nc1ccc(F)c(Cl)c1)c1ccnc(NS(=O)C2CCCOC2)c1. The Bertz CT molecular complexity index is 831. The van der Waals surface area contributed by atoms with Crippen molar-refractivity contribution in [1.29, 1.82) is 0 Å². The van der Waals surface area contributed by atoms with Crippen LogP contribution in [0.2, 0.25) is 5.02 Å². The van der Waals surface area contributed by atoms with Gasteiger partial charge in [-0.3, -0.25) is 9.52 Å². The lowest BCUT2D eigenvalue weighted by molar-refractivity contribution is 0.100. The lowest BCUT2D eigenvalue weighted by Crippen LogP contribution is -2.30. The van der Waals surface area contributed by atoms with Gasteiger partial charge in [0.15, 0.2) is 0 Å². The van der Waals surface area contributed by atoms with Gasteiger partial charge in [-0.15, -0.1) is 0 Å². The van der Waals surface area contributed by atoms with Crippen LogP contribution in [0.25, 0.3) is 0 Å². The average molecular weight is 398 g/mol. The van der Waals surface area contributed by atoms with E-state index in [0.29, 0.717) is 30.3 Å². The summed E-state index contributed by atoms with van der Waals surface area (Å²) in [7, 11) is -1.35. The van der Waals surface area contributed by atoms with Crippen molar-refractivity contribution in [3.63, 3.8) is 0 Å². The van der Waals surface area contributed by atoms with Gasteiger partial charge in [0.1, 0.15) is 22.6 Å². The van der Waals surface area contributed by atoms with Gasteiger partial charge in [0.2, 0.25) is 0 Å². The number of pyridine rings is 1. The Kier molecular flexibility index (Phi) is 6.18. The molecule has 0 bridgehead atoms. The first-order valence-corrected chi connectivity index (χ1v) is 9.59. The summed E-state index contributed by atoms with van der Waals surface area (Å²) in [6.07, 6.45) is 3.13. The number of ether oxygens (including phenoxy) is 1. The number of hydrogen-bond acceptors (Lipinski definition) is 4. The predicted molar refractivity (Wildman–Crippen MR) is 99.2 cm³/mol. The zero-order valence-electron chi connectivity index (χ0n) is 13.7. The number of carbonyl (C=O) groups is 1. The van der Waals surface area contributed by atoms with E-state index < -0.39 is 22.7 Å². The summed E-state index contributed by atoms with van der Waals surface area (Å²) in [4.78, 5) is 16.4. The van der Waals surface area contributed by atoms with Crippen LogP contribution in [0.3, 0.4) is 0 Å². The molecule has 3 rings (SSSR count). The van der Waals surface area contributed by atoms with Gasteiger partial charge in [0.05, 0.1) is 16.9 Å². The van der Waals surface area contributed by atoms with E-state index in [9.17, 15) is 13.4 Å². The summed E-state index contributed by atoms with van der Waals surface area (Å²) in [6, 6.07) is 6.94. The Labute approximate surface area is 157 Å². The fourth-order valence-electron chi connectivity index (χ4n) is 2.47. The number of aromatic nitrogens is 1. The number of rotatable bonds is 5. The molecular weight excluding hydrogens is 381 g/mol. The molecule has 1 aromatic carbocycles. The maximum absolute atomic E-state index is 13.2. The summed E-state index contributed by atoms with van der Waals surface area (Å²) in [5, 5.41) is 2.44. The molecule has 2 aromatic rings. The Morgan fingerprint density at radius 1 is 1.35 bits per heavy atom. The zero-order valence-corrected chi connectivity index (χ0v) is 15.3. The number of carbonyl (C=O) groups excluding carboxylic acids is 1. The van der Waals surface area contributed by atoms with Gasteiger partial charge in [0.25, 0.3) is 5.91 Å². The lowest BCUT2D eigenvalue weighted by Gasteiger charge is -2.21. The second kappa shape index (κ2) is 8.57. The molecular formula is C17H17ClFN3O3S. The molecule has 1 saturated heterocycles. The molecule has 2 unspecified atom stereocenters. The molecule has 2 N–H and O–H groups in total. The van der Waals surface area contributed by atoms with E-state index in [0.717, 1.165) is 12.8 Å². The average Bonchev–Trinajstić information content (AvgIpc) is 2.65. The van der Waals surface area contributed by atoms with Crippen molar-refractivity contribution in [2.45, 2.75) is 18.1 Å². The van der Waals surface area contributed by atoms with Crippen LogP contribution in [-0.2, 0) is 15.7 Å². The molecule has 1 amide bonds. The minimum absolute atomic E-state index is 0.0787. The number of hydrogen-bond donors (Lipinski definition) is 2. The van der Waals surface area contributed by atoms with Crippen LogP contribution in [0.5, 0.6) is 0 Å². The molecule has 6 nitrogen and oxygen atoms in total. The number of anilines is 2. The maximum atomic E-state index is 13.2. The van der Waals surface area contributed by atoms with Gasteiger partial charge in [0, 0.05) is 24.1 Å². The molecule has 1 aliphatic heterocycles. The van der Waals surface area contributed by atoms with Crippen LogP contribution in [0.15, 0.2) is 36.5 Å². The third-order valence-corrected chi connectivity index (χ3v) is 5.50. The largest absolute Gasteiger partial charge is 0.380 e. The van der Waals surface area contributed by atoms with Crippen molar-refractivity contribution in [3.8, 4) is 0 Å². The van der Waals surface area contributed by atoms with Crippen LogP contribution in [0.1, 0.15) is 23.2 Å². The van der Waals surface area contributed by atoms with Gasteiger partial charge in [-0.1, -0.05) is 11.6 Å². The Morgan fingerprint density at radius 2 is 2.19 bits per heavy atom. The van der Waals surface area contributed by atoms with E-state index in [2.05, 4.69) is 15.0 Å². The van der Waals surface area contributed by atoms with Crippen LogP contribution >= 0.6 is 11.6 Å². The quantitative estimate of drug-likeness (QED) is 0.810. The van der Waals surface area contributed by atoms with Crippen molar-refractivity contribution in [2.75, 3.05) is 23.3 Å². The highest BCUT2D eigenvalue weighted by Gasteiger charge is 2.21. The smallest absolute Gasteiger partial charge is 0.255 e. The van der Waals surface area contributed by atoms with Crippen LogP contribution in [0, 0.1) is 5.82 Å². The summed E-state index contributed by atoms with van der Waals surface area (Å²) >= 11 is 5.71. The van der Waals surface area contributed by atoms with Crippen molar-refractivity contribution >= 4 is 40.0 Å². The summed E-state index contributed by atoms with van der Waals surface area (Å²) < 4.78 is 33.7. The molecule has 138 valence electrons. The molecule has 26 heavy (non-hydrogen) atoms. The molecule has 1 aromatic heterocycles. The summed E-state index contributed by atoms with van der Waals surface area (Å²) in [6.45, 7) is 1.13. The Balaban J connectivity index is 1.66. The normalized spacial score (nSPS) is 18.2. The second-order valence-electron chi connectivity index (χ2n) is 5.75. The van der Waals surface area contributed by atoms with Gasteiger partial charge in [-0.25, -0.2) is 13.6 Å². The second-order valence-corrected chi connectivity index (χ2v) is 7.62. The standard InChI is InChI=1S/C17H17ClFN3O3S/c18-14-9-12(3-4-15(14)19)21-17(23)11-5-6-20-16(8-11)22-26(24)13-2-1-7-25-10-13/h3-6,8-9,13H,1-2,7,10H2,(H,20,22)(H,21,23). The van der Waals surface area contributed by atoms with Crippen molar-refractivity contribution in [2.24, 2.45) is 0 Å². The van der Waals surface area contributed by atoms with E-state index in [4.69, 9.17) is 16.3 Å². The molecule has 0 spiro atoms. The number of nitrogens with zero attached hydrogens (tertiary/aromatic N) is 1. The van der Waals surface area contributed by atoms with E-state index in [-0.39, 0.29) is 10.3 Å². The lowest BCUT2D eigenvalue weighted by atomic mass is 10.2. The summed E-state index contributed by atoms with van der Waals surface area (Å²) in [5.74, 6) is -0.641. The first kappa shape index (κ1) is 18.8. The van der Waals surface area contributed by atoms with E-state index in [1.807, 2.05) is 0 Å². The van der Waals surface area contributed by atoms with E-state index in [1.165, 1.54) is 36.5 Å². The molecule has 1 aliphatic rings. The first-order chi connectivity index (χ1) is 12.5. The molecule has 0 aliphatic carbocycles. The molecule has 1 fully saturated rings. The molecule has 0 saturated carbocycles. The molecule has 2 atom stereocenters. The monoisotopic (exact) mass is 397 g/mol. The first-order valence-electron chi connectivity index (χ1n) is 8.00. The third-order valence-electron chi connectivity index (χ3n) is 3.83. The maximum Gasteiger partial charge on any atom is 0.255 e. The van der Waals surface area contributed by atoms with E-state index >= 15 is 0 Å². The number of halogens is 2. The van der Waals surface area contributed by atoms with Crippen LogP contribution in [-0.4, -0.2) is 33.6 Å². The zero-order chi connectivity index (χ0) is 18.5. The number of nitrogens with one attached hydrogen (secondary N) is 2. The van der Waals surface area contributed by atoms with Crippen molar-refractivity contribution in [1.82, 2.24) is 4.98 Å². The Morgan fingerprint density at radius 3 is 2.92 bits per heavy atom. The molecule has 9 heteroatoms. The minimum atomic E-state index is -1.35. The highest BCUT2D eigenvalue weighted by molar-refractivity contribution is 7.87. The van der Waals surface area contributed by atoms with Crippen LogP contribution in [0.4, 0.5) is 15.9 Å². The van der Waals surface area contributed by atoms with Crippen LogP contribution < -0.4 is 10.0 Å². The van der Waals surface area contributed by atoms with Crippen molar-refractivity contribution in [3.05, 3.63) is 52.9 Å². The van der Waals surface area contributed by atoms with E-state index in [1.54, 1.807) is 0 Å². The Hall–Kier alpha value is -2.03. The fourth-order valence-corrected chi connectivity index (χ4v) is 3.74. The van der Waals surface area contributed by atoms with Gasteiger partial charge in [-0.05, 0) is 43.2 Å². The highest BCUT2D eigenvalue weighted by Crippen LogP contribution is 2.20. The predicted octanol–water partition coefficient (Wildman–Crippen LogP) is 3.38. The number of amides is 1. The minimum Gasteiger partial charge on any atom is -0.380 e. The third kappa shape index (κ3) is 4.78. The molecule has 2 heterocycles. The van der Waals surface area contributed by atoms with Crippen molar-refractivity contribution < 1.29 is 18.1 Å². The fraction of sp³-hybridized carbons (Fsp3) is 0.294. The van der Waals surface area contributed by atoms with Gasteiger partial charge in [-0.2, -0.15) is 0 Å². The van der Waals surface area contributed by atoms with Gasteiger partial charge >= 0.3 is 0 Å². The number of benzene rings is 1.